The lowest BCUT2D eigenvalue weighted by molar-refractivity contribution is -0.385. The lowest BCUT2D eigenvalue weighted by Gasteiger charge is -2.11. The number of nitrogens with zero attached hydrogens (tertiary/aromatic N) is 2. The van der Waals surface area contributed by atoms with E-state index in [4.69, 9.17) is 4.74 Å². The number of aliphatic imine (C=N–C) groups is 1. The quantitative estimate of drug-likeness (QED) is 0.263. The molecule has 0 radical (unpaired) electrons. The highest BCUT2D eigenvalue weighted by Gasteiger charge is 2.33. The van der Waals surface area contributed by atoms with Gasteiger partial charge in [0.2, 0.25) is 5.75 Å². The van der Waals surface area contributed by atoms with Crippen LogP contribution in [0, 0.1) is 24.0 Å². The van der Waals surface area contributed by atoms with E-state index >= 15 is 0 Å². The summed E-state index contributed by atoms with van der Waals surface area (Å²) in [5.41, 5.74) is 1.45. The third-order valence-electron chi connectivity index (χ3n) is 4.32. The van der Waals surface area contributed by atoms with Gasteiger partial charge in [-0.05, 0) is 49.7 Å². The lowest BCUT2D eigenvalue weighted by Crippen LogP contribution is -2.06. The van der Waals surface area contributed by atoms with Crippen LogP contribution in [0.5, 0.6) is 11.5 Å². The second-order valence-electron chi connectivity index (χ2n) is 6.63. The molecule has 0 spiro atoms. The first-order valence-electron chi connectivity index (χ1n) is 8.89. The van der Waals surface area contributed by atoms with Crippen LogP contribution in [0.15, 0.2) is 65.7 Å². The fraction of sp³-hybridized carbons (Fsp3) is 0.136. The van der Waals surface area contributed by atoms with Gasteiger partial charge in [0.15, 0.2) is 0 Å². The van der Waals surface area contributed by atoms with Crippen LogP contribution in [0.25, 0.3) is 0 Å². The van der Waals surface area contributed by atoms with Gasteiger partial charge in [0.05, 0.1) is 16.2 Å². The summed E-state index contributed by atoms with van der Waals surface area (Å²) < 4.78 is 44.3. The molecule has 3 aromatic carbocycles. The zero-order valence-corrected chi connectivity index (χ0v) is 16.1. The standard InChI is InChI=1S/C22H17F3N2O3/c1-14-7-9-18(15(2)11-14)26-13-16-5-3-4-6-20(16)30-21-10-8-17(22(23,24)25)12-19(21)27(28)29/h3-13H,1-2H3. The molecule has 0 bridgehead atoms. The van der Waals surface area contributed by atoms with Crippen molar-refractivity contribution in [2.45, 2.75) is 20.0 Å². The average Bonchev–Trinajstić information content (AvgIpc) is 2.67. The largest absolute Gasteiger partial charge is 0.449 e. The highest BCUT2D eigenvalue weighted by molar-refractivity contribution is 5.86. The van der Waals surface area contributed by atoms with E-state index in [1.54, 1.807) is 30.5 Å². The predicted octanol–water partition coefficient (Wildman–Crippen LogP) is 6.77. The number of para-hydroxylation sites is 1. The van der Waals surface area contributed by atoms with Crippen molar-refractivity contribution in [1.82, 2.24) is 0 Å². The molecule has 0 aliphatic carbocycles. The molecular formula is C22H17F3N2O3. The fourth-order valence-corrected chi connectivity index (χ4v) is 2.81. The van der Waals surface area contributed by atoms with Gasteiger partial charge >= 0.3 is 11.9 Å². The van der Waals surface area contributed by atoms with Gasteiger partial charge < -0.3 is 4.74 Å². The first-order chi connectivity index (χ1) is 14.1. The van der Waals surface area contributed by atoms with Crippen LogP contribution in [0.1, 0.15) is 22.3 Å². The van der Waals surface area contributed by atoms with E-state index < -0.39 is 22.4 Å². The van der Waals surface area contributed by atoms with Crippen LogP contribution < -0.4 is 4.74 Å². The summed E-state index contributed by atoms with van der Waals surface area (Å²) in [6.45, 7) is 3.90. The van der Waals surface area contributed by atoms with Gasteiger partial charge in [0.25, 0.3) is 0 Å². The number of rotatable bonds is 5. The van der Waals surface area contributed by atoms with E-state index in [0.717, 1.165) is 28.9 Å². The van der Waals surface area contributed by atoms with Crippen molar-refractivity contribution in [1.29, 1.82) is 0 Å². The average molecular weight is 414 g/mol. The Morgan fingerprint density at radius 3 is 2.40 bits per heavy atom. The number of hydrogen-bond donors (Lipinski definition) is 0. The Hall–Kier alpha value is -3.68. The highest BCUT2D eigenvalue weighted by atomic mass is 19.4. The number of benzene rings is 3. The zero-order valence-electron chi connectivity index (χ0n) is 16.1. The monoisotopic (exact) mass is 414 g/mol. The number of alkyl halides is 3. The number of aryl methyl sites for hydroxylation is 2. The molecule has 0 saturated carbocycles. The molecule has 5 nitrogen and oxygen atoms in total. The van der Waals surface area contributed by atoms with E-state index in [-0.39, 0.29) is 11.5 Å². The van der Waals surface area contributed by atoms with E-state index in [0.29, 0.717) is 11.6 Å². The van der Waals surface area contributed by atoms with E-state index in [9.17, 15) is 23.3 Å². The Balaban J connectivity index is 1.95. The van der Waals surface area contributed by atoms with Crippen molar-refractivity contribution in [2.75, 3.05) is 0 Å². The molecule has 154 valence electrons. The van der Waals surface area contributed by atoms with Crippen LogP contribution in [-0.4, -0.2) is 11.1 Å². The zero-order chi connectivity index (χ0) is 21.9. The summed E-state index contributed by atoms with van der Waals surface area (Å²) in [5, 5.41) is 11.3. The molecule has 8 heteroatoms. The van der Waals surface area contributed by atoms with E-state index in [1.165, 1.54) is 0 Å². The minimum Gasteiger partial charge on any atom is -0.449 e. The van der Waals surface area contributed by atoms with Crippen molar-refractivity contribution in [3.05, 3.63) is 93.0 Å². The summed E-state index contributed by atoms with van der Waals surface area (Å²) in [5.74, 6) is -0.0609. The van der Waals surface area contributed by atoms with Gasteiger partial charge in [0, 0.05) is 17.8 Å². The van der Waals surface area contributed by atoms with Crippen molar-refractivity contribution in [3.8, 4) is 11.5 Å². The van der Waals surface area contributed by atoms with Crippen LogP contribution in [-0.2, 0) is 6.18 Å². The molecule has 30 heavy (non-hydrogen) atoms. The molecule has 0 aliphatic rings. The minimum atomic E-state index is -4.69. The van der Waals surface area contributed by atoms with Crippen LogP contribution >= 0.6 is 0 Å². The summed E-state index contributed by atoms with van der Waals surface area (Å²) in [7, 11) is 0. The van der Waals surface area contributed by atoms with Crippen molar-refractivity contribution < 1.29 is 22.8 Å². The van der Waals surface area contributed by atoms with Gasteiger partial charge in [-0.3, -0.25) is 15.1 Å². The highest BCUT2D eigenvalue weighted by Crippen LogP contribution is 2.38. The Labute approximate surface area is 170 Å². The molecule has 0 amide bonds. The molecule has 0 saturated heterocycles. The van der Waals surface area contributed by atoms with Crippen LogP contribution in [0.2, 0.25) is 0 Å². The minimum absolute atomic E-state index is 0.230. The Morgan fingerprint density at radius 1 is 1.00 bits per heavy atom. The van der Waals surface area contributed by atoms with E-state index in [2.05, 4.69) is 4.99 Å². The number of hydrogen-bond acceptors (Lipinski definition) is 4. The first-order valence-corrected chi connectivity index (χ1v) is 8.89. The van der Waals surface area contributed by atoms with Gasteiger partial charge in [0.1, 0.15) is 5.75 Å². The maximum absolute atomic E-state index is 12.9. The molecule has 3 aromatic rings. The van der Waals surface area contributed by atoms with Crippen molar-refractivity contribution >= 4 is 17.6 Å². The maximum Gasteiger partial charge on any atom is 0.416 e. The third kappa shape index (κ3) is 4.83. The smallest absolute Gasteiger partial charge is 0.416 e. The van der Waals surface area contributed by atoms with Gasteiger partial charge in [-0.2, -0.15) is 13.2 Å². The van der Waals surface area contributed by atoms with Gasteiger partial charge in [-0.25, -0.2) is 0 Å². The SMILES string of the molecule is Cc1ccc(N=Cc2ccccc2Oc2ccc(C(F)(F)F)cc2[N+](=O)[O-])c(C)c1. The van der Waals surface area contributed by atoms with Gasteiger partial charge in [-0.1, -0.05) is 29.8 Å². The maximum atomic E-state index is 12.9. The molecule has 0 atom stereocenters. The summed E-state index contributed by atoms with van der Waals surface area (Å²) in [6, 6.07) is 14.6. The molecule has 0 aliphatic heterocycles. The van der Waals surface area contributed by atoms with Crippen molar-refractivity contribution in [2.24, 2.45) is 4.99 Å². The summed E-state index contributed by atoms with van der Waals surface area (Å²) in [4.78, 5) is 14.8. The molecule has 0 fully saturated rings. The fourth-order valence-electron chi connectivity index (χ4n) is 2.81. The first kappa shape index (κ1) is 21.0. The molecule has 0 unspecified atom stereocenters. The predicted molar refractivity (Wildman–Crippen MR) is 108 cm³/mol. The number of nitro benzene ring substituents is 1. The molecule has 3 rings (SSSR count). The molecule has 0 N–H and O–H groups in total. The molecule has 0 heterocycles. The van der Waals surface area contributed by atoms with Crippen LogP contribution in [0.3, 0.4) is 0 Å². The Bertz CT molecular complexity index is 1120. The Morgan fingerprint density at radius 2 is 1.73 bits per heavy atom. The molecule has 0 aromatic heterocycles. The number of halogens is 3. The van der Waals surface area contributed by atoms with E-state index in [1.807, 2.05) is 32.0 Å². The normalized spacial score (nSPS) is 11.6. The van der Waals surface area contributed by atoms with Crippen LogP contribution in [0.4, 0.5) is 24.5 Å². The molecular weight excluding hydrogens is 397 g/mol. The van der Waals surface area contributed by atoms with Crippen molar-refractivity contribution in [3.63, 3.8) is 0 Å². The van der Waals surface area contributed by atoms with Gasteiger partial charge in [-0.15, -0.1) is 0 Å². The second-order valence-corrected chi connectivity index (χ2v) is 6.63. The number of ether oxygens (including phenoxy) is 1. The second kappa shape index (κ2) is 8.36. The number of nitro groups is 1. The Kier molecular flexibility index (Phi) is 5.86. The summed E-state index contributed by atoms with van der Waals surface area (Å²) >= 11 is 0. The summed E-state index contributed by atoms with van der Waals surface area (Å²) in [6.07, 6.45) is -3.15. The topological polar surface area (TPSA) is 64.7 Å². The third-order valence-corrected chi connectivity index (χ3v) is 4.32. The lowest BCUT2D eigenvalue weighted by atomic mass is 10.1.